The van der Waals surface area contributed by atoms with Crippen LogP contribution in [0.4, 0.5) is 9.18 Å². The fraction of sp³-hybridized carbons (Fsp3) is 0.375. The summed E-state index contributed by atoms with van der Waals surface area (Å²) in [5.74, 6) is 0.515. The maximum atomic E-state index is 13.6. The minimum atomic E-state index is -0.532. The molecule has 0 saturated heterocycles. The number of carbonyl (C=O) groups excluding carboxylic acids is 2. The van der Waals surface area contributed by atoms with Gasteiger partial charge in [0.05, 0.1) is 5.25 Å². The van der Waals surface area contributed by atoms with Gasteiger partial charge >= 0.3 is 6.03 Å². The average Bonchev–Trinajstić information content (AvgIpc) is 3.07. The fourth-order valence-electron chi connectivity index (χ4n) is 1.90. The first-order chi connectivity index (χ1) is 11.9. The van der Waals surface area contributed by atoms with Crippen LogP contribution in [0.1, 0.15) is 30.0 Å². The summed E-state index contributed by atoms with van der Waals surface area (Å²) in [4.78, 5) is 26.8. The summed E-state index contributed by atoms with van der Waals surface area (Å²) in [6.07, 6.45) is 0.187. The van der Waals surface area contributed by atoms with E-state index in [0.717, 1.165) is 0 Å². The molecule has 0 aliphatic rings. The maximum absolute atomic E-state index is 13.6. The number of rotatable bonds is 6. The quantitative estimate of drug-likeness (QED) is 0.816. The minimum absolute atomic E-state index is 0.135. The summed E-state index contributed by atoms with van der Waals surface area (Å²) in [6.45, 7) is 3.55. The van der Waals surface area contributed by atoms with Gasteiger partial charge in [-0.25, -0.2) is 9.18 Å². The largest absolute Gasteiger partial charge is 0.341 e. The first kappa shape index (κ1) is 18.9. The zero-order chi connectivity index (χ0) is 18.4. The highest BCUT2D eigenvalue weighted by Crippen LogP contribution is 2.29. The number of urea groups is 1. The molecule has 9 heteroatoms. The Bertz CT molecular complexity index is 766. The van der Waals surface area contributed by atoms with Crippen molar-refractivity contribution in [2.24, 2.45) is 0 Å². The van der Waals surface area contributed by atoms with Crippen LogP contribution in [0.25, 0.3) is 11.4 Å². The minimum Gasteiger partial charge on any atom is -0.341 e. The van der Waals surface area contributed by atoms with Crippen molar-refractivity contribution in [3.63, 3.8) is 0 Å². The van der Waals surface area contributed by atoms with Gasteiger partial charge in [0.25, 0.3) is 0 Å². The molecule has 1 aromatic carbocycles. The third-order valence-corrected chi connectivity index (χ3v) is 4.54. The van der Waals surface area contributed by atoms with Crippen molar-refractivity contribution in [3.05, 3.63) is 35.5 Å². The van der Waals surface area contributed by atoms with Crippen molar-refractivity contribution in [3.8, 4) is 11.4 Å². The molecular weight excluding hydrogens is 347 g/mol. The number of aryl methyl sites for hydroxylation is 1. The van der Waals surface area contributed by atoms with Crippen molar-refractivity contribution in [1.82, 2.24) is 20.8 Å². The molecule has 1 aromatic heterocycles. The van der Waals surface area contributed by atoms with Gasteiger partial charge in [-0.2, -0.15) is 4.98 Å². The van der Waals surface area contributed by atoms with E-state index in [1.165, 1.54) is 24.9 Å². The van der Waals surface area contributed by atoms with Crippen molar-refractivity contribution >= 4 is 23.7 Å². The van der Waals surface area contributed by atoms with Crippen molar-refractivity contribution < 1.29 is 18.5 Å². The second-order valence-electron chi connectivity index (χ2n) is 5.31. The second-order valence-corrected chi connectivity index (χ2v) is 6.76. The normalized spacial score (nSPS) is 11.8. The van der Waals surface area contributed by atoms with Gasteiger partial charge in [0, 0.05) is 24.8 Å². The number of nitrogens with one attached hydrogen (secondary N) is 2. The number of amides is 3. The highest BCUT2D eigenvalue weighted by atomic mass is 32.2. The van der Waals surface area contributed by atoms with E-state index in [-0.39, 0.29) is 23.4 Å². The Morgan fingerprint density at radius 3 is 2.84 bits per heavy atom. The highest BCUT2D eigenvalue weighted by molar-refractivity contribution is 7.99. The Morgan fingerprint density at radius 2 is 2.16 bits per heavy atom. The molecule has 2 rings (SSSR count). The lowest BCUT2D eigenvalue weighted by molar-refractivity contribution is -0.119. The zero-order valence-electron chi connectivity index (χ0n) is 14.1. The molecule has 0 spiro atoms. The van der Waals surface area contributed by atoms with Gasteiger partial charge in [0.2, 0.25) is 17.6 Å². The molecule has 25 heavy (non-hydrogen) atoms. The molecule has 0 radical (unpaired) electrons. The number of hydrogen-bond donors (Lipinski definition) is 2. The lowest BCUT2D eigenvalue weighted by Crippen LogP contribution is -2.37. The molecule has 0 saturated carbocycles. The van der Waals surface area contributed by atoms with Crippen LogP contribution in [-0.2, 0) is 4.79 Å². The molecule has 0 aliphatic carbocycles. The van der Waals surface area contributed by atoms with Crippen LogP contribution in [0.15, 0.2) is 22.7 Å². The van der Waals surface area contributed by atoms with Crippen molar-refractivity contribution in [2.75, 3.05) is 12.8 Å². The number of aromatic nitrogens is 2. The number of hydrogen-bond acceptors (Lipinski definition) is 6. The molecule has 2 aromatic rings. The van der Waals surface area contributed by atoms with Crippen molar-refractivity contribution in [2.45, 2.75) is 25.5 Å². The van der Waals surface area contributed by atoms with E-state index >= 15 is 0 Å². The maximum Gasteiger partial charge on any atom is 0.321 e. The van der Waals surface area contributed by atoms with E-state index in [4.69, 9.17) is 4.52 Å². The van der Waals surface area contributed by atoms with Gasteiger partial charge in [0.15, 0.2) is 0 Å². The van der Waals surface area contributed by atoms with Crippen LogP contribution in [0.3, 0.4) is 0 Å². The van der Waals surface area contributed by atoms with Gasteiger partial charge in [-0.15, -0.1) is 11.8 Å². The lowest BCUT2D eigenvalue weighted by Gasteiger charge is -2.06. The van der Waals surface area contributed by atoms with E-state index in [9.17, 15) is 14.0 Å². The van der Waals surface area contributed by atoms with Crippen molar-refractivity contribution in [1.29, 1.82) is 0 Å². The zero-order valence-corrected chi connectivity index (χ0v) is 14.9. The van der Waals surface area contributed by atoms with E-state index in [2.05, 4.69) is 20.8 Å². The number of imide groups is 1. The van der Waals surface area contributed by atoms with Gasteiger partial charge in [-0.3, -0.25) is 10.1 Å². The van der Waals surface area contributed by atoms with Crippen LogP contribution in [0.2, 0.25) is 0 Å². The molecule has 0 unspecified atom stereocenters. The van der Waals surface area contributed by atoms with E-state index < -0.39 is 6.03 Å². The molecule has 134 valence electrons. The van der Waals surface area contributed by atoms with Gasteiger partial charge in [-0.05, 0) is 25.5 Å². The molecule has 2 N–H and O–H groups in total. The standard InChI is InChI=1S/C16H19FN4O3S/c1-9-4-5-11(8-12(9)17)14-20-15(24-21-14)10(2)25-7-6-13(22)19-16(23)18-3/h4-5,8,10H,6-7H2,1-3H3,(H2,18,19,22,23)/t10-/m0/s1. The van der Waals surface area contributed by atoms with E-state index in [1.807, 2.05) is 6.92 Å². The van der Waals surface area contributed by atoms with Crippen LogP contribution in [-0.4, -0.2) is 34.9 Å². The average molecular weight is 366 g/mol. The number of nitrogens with zero attached hydrogens (tertiary/aromatic N) is 2. The predicted octanol–water partition coefficient (Wildman–Crippen LogP) is 2.82. The summed E-state index contributed by atoms with van der Waals surface area (Å²) >= 11 is 1.44. The molecular formula is C16H19FN4O3S. The molecule has 0 fully saturated rings. The molecule has 1 atom stereocenters. The first-order valence-corrected chi connectivity index (χ1v) is 8.69. The number of carbonyl (C=O) groups is 2. The molecule has 0 aliphatic heterocycles. The van der Waals surface area contributed by atoms with Crippen LogP contribution in [0.5, 0.6) is 0 Å². The SMILES string of the molecule is CNC(=O)NC(=O)CCS[C@@H](C)c1nc(-c2ccc(C)c(F)c2)no1. The Labute approximate surface area is 148 Å². The van der Waals surface area contributed by atoms with Gasteiger partial charge in [0.1, 0.15) is 5.82 Å². The molecule has 7 nitrogen and oxygen atoms in total. The third kappa shape index (κ3) is 5.28. The predicted molar refractivity (Wildman–Crippen MR) is 92.5 cm³/mol. The second kappa shape index (κ2) is 8.61. The molecule has 1 heterocycles. The third-order valence-electron chi connectivity index (χ3n) is 3.40. The van der Waals surface area contributed by atoms with E-state index in [1.54, 1.807) is 19.1 Å². The van der Waals surface area contributed by atoms with Gasteiger partial charge in [-0.1, -0.05) is 17.3 Å². The Morgan fingerprint density at radius 1 is 1.40 bits per heavy atom. The first-order valence-electron chi connectivity index (χ1n) is 7.64. The Kier molecular flexibility index (Phi) is 6.51. The van der Waals surface area contributed by atoms with Crippen LogP contribution >= 0.6 is 11.8 Å². The van der Waals surface area contributed by atoms with E-state index in [0.29, 0.717) is 28.6 Å². The Balaban J connectivity index is 1.89. The van der Waals surface area contributed by atoms with Crippen LogP contribution in [0, 0.1) is 12.7 Å². The highest BCUT2D eigenvalue weighted by Gasteiger charge is 2.17. The summed E-state index contributed by atoms with van der Waals surface area (Å²) in [7, 11) is 1.44. The Hall–Kier alpha value is -2.42. The monoisotopic (exact) mass is 366 g/mol. The topological polar surface area (TPSA) is 97.1 Å². The molecule has 3 amide bonds. The van der Waals surface area contributed by atoms with Crippen LogP contribution < -0.4 is 10.6 Å². The summed E-state index contributed by atoms with van der Waals surface area (Å²) in [6, 6.07) is 4.22. The number of benzene rings is 1. The van der Waals surface area contributed by atoms with Gasteiger partial charge < -0.3 is 9.84 Å². The molecule has 0 bridgehead atoms. The lowest BCUT2D eigenvalue weighted by atomic mass is 10.1. The summed E-state index contributed by atoms with van der Waals surface area (Å²) < 4.78 is 18.9. The fourth-order valence-corrected chi connectivity index (χ4v) is 2.80. The number of halogens is 1. The smallest absolute Gasteiger partial charge is 0.321 e. The summed E-state index contributed by atoms with van der Waals surface area (Å²) in [5.41, 5.74) is 1.09. The number of thioether (sulfide) groups is 1. The summed E-state index contributed by atoms with van der Waals surface area (Å²) in [5, 5.41) is 8.24.